The number of hydrogen-bond acceptors (Lipinski definition) is 4. The van der Waals surface area contributed by atoms with E-state index < -0.39 is 6.29 Å². The van der Waals surface area contributed by atoms with Crippen molar-refractivity contribution in [3.63, 3.8) is 0 Å². The van der Waals surface area contributed by atoms with E-state index >= 15 is 0 Å². The number of alkyl halides is 2. The summed E-state index contributed by atoms with van der Waals surface area (Å²) in [5, 5.41) is 3.35. The van der Waals surface area contributed by atoms with E-state index in [1.54, 1.807) is 12.1 Å². The molecular weight excluding hydrogens is 254 g/mol. The monoisotopic (exact) mass is 270 g/mol. The number of rotatable bonds is 2. The SMILES string of the molecule is CN1CCCC(Nc2ccc3c(c2)OC(F)(F)O3)C1. The van der Waals surface area contributed by atoms with Crippen molar-refractivity contribution in [2.45, 2.75) is 25.2 Å². The third-order valence-corrected chi connectivity index (χ3v) is 3.40. The second-order valence-electron chi connectivity index (χ2n) is 5.07. The fourth-order valence-electron chi connectivity index (χ4n) is 2.56. The standard InChI is InChI=1S/C13H16F2N2O2/c1-17-6-2-3-10(8-17)16-9-4-5-11-12(7-9)19-13(14,15)18-11/h4-5,7,10,16H,2-3,6,8H2,1H3. The number of ether oxygens (including phenoxy) is 2. The van der Waals surface area contributed by atoms with Crippen molar-refractivity contribution < 1.29 is 18.3 Å². The topological polar surface area (TPSA) is 33.7 Å². The van der Waals surface area contributed by atoms with Crippen LogP contribution in [0.4, 0.5) is 14.5 Å². The second kappa shape index (κ2) is 4.52. The van der Waals surface area contributed by atoms with Gasteiger partial charge >= 0.3 is 6.29 Å². The Morgan fingerprint density at radius 1 is 1.32 bits per heavy atom. The van der Waals surface area contributed by atoms with Gasteiger partial charge in [0.2, 0.25) is 0 Å². The highest BCUT2D eigenvalue weighted by molar-refractivity contribution is 5.56. The van der Waals surface area contributed by atoms with Crippen molar-refractivity contribution in [3.8, 4) is 11.5 Å². The zero-order valence-corrected chi connectivity index (χ0v) is 10.7. The Balaban J connectivity index is 1.70. The number of benzene rings is 1. The molecule has 2 heterocycles. The largest absolute Gasteiger partial charge is 0.586 e. The van der Waals surface area contributed by atoms with Gasteiger partial charge in [-0.1, -0.05) is 0 Å². The maximum Gasteiger partial charge on any atom is 0.586 e. The molecule has 0 aromatic heterocycles. The highest BCUT2D eigenvalue weighted by Crippen LogP contribution is 2.42. The molecule has 6 heteroatoms. The molecule has 4 nitrogen and oxygen atoms in total. The summed E-state index contributed by atoms with van der Waals surface area (Å²) < 4.78 is 34.6. The van der Waals surface area contributed by atoms with Crippen LogP contribution in [0.15, 0.2) is 18.2 Å². The molecule has 2 aliphatic rings. The number of halogens is 2. The van der Waals surface area contributed by atoms with E-state index in [1.807, 2.05) is 0 Å². The average molecular weight is 270 g/mol. The quantitative estimate of drug-likeness (QED) is 0.895. The lowest BCUT2D eigenvalue weighted by atomic mass is 10.1. The van der Waals surface area contributed by atoms with E-state index in [9.17, 15) is 8.78 Å². The number of anilines is 1. The normalized spacial score (nSPS) is 25.3. The molecule has 0 aliphatic carbocycles. The zero-order chi connectivity index (χ0) is 13.5. The van der Waals surface area contributed by atoms with Crippen molar-refractivity contribution in [2.24, 2.45) is 0 Å². The van der Waals surface area contributed by atoms with Crippen LogP contribution in [0.3, 0.4) is 0 Å². The van der Waals surface area contributed by atoms with E-state index in [0.717, 1.165) is 31.6 Å². The van der Waals surface area contributed by atoms with Gasteiger partial charge in [0.1, 0.15) is 0 Å². The van der Waals surface area contributed by atoms with Gasteiger partial charge in [0.25, 0.3) is 0 Å². The lowest BCUT2D eigenvalue weighted by Gasteiger charge is -2.30. The molecule has 0 amide bonds. The molecule has 1 aromatic rings. The van der Waals surface area contributed by atoms with E-state index in [4.69, 9.17) is 0 Å². The number of fused-ring (bicyclic) bond motifs is 1. The first-order valence-electron chi connectivity index (χ1n) is 6.37. The lowest BCUT2D eigenvalue weighted by molar-refractivity contribution is -0.286. The van der Waals surface area contributed by atoms with Crippen molar-refractivity contribution >= 4 is 5.69 Å². The molecule has 0 spiro atoms. The van der Waals surface area contributed by atoms with Gasteiger partial charge in [0.15, 0.2) is 11.5 Å². The van der Waals surface area contributed by atoms with E-state index in [0.29, 0.717) is 6.04 Å². The molecule has 1 unspecified atom stereocenters. The molecule has 1 fully saturated rings. The van der Waals surface area contributed by atoms with Crippen LogP contribution in [0.25, 0.3) is 0 Å². The fraction of sp³-hybridized carbons (Fsp3) is 0.538. The summed E-state index contributed by atoms with van der Waals surface area (Å²) >= 11 is 0. The zero-order valence-electron chi connectivity index (χ0n) is 10.7. The van der Waals surface area contributed by atoms with E-state index in [-0.39, 0.29) is 11.5 Å². The van der Waals surface area contributed by atoms with Gasteiger partial charge < -0.3 is 19.7 Å². The molecule has 104 valence electrons. The van der Waals surface area contributed by atoms with Gasteiger partial charge in [-0.25, -0.2) is 0 Å². The Morgan fingerprint density at radius 3 is 2.89 bits per heavy atom. The van der Waals surface area contributed by atoms with Crippen LogP contribution in [-0.2, 0) is 0 Å². The van der Waals surface area contributed by atoms with E-state index in [1.165, 1.54) is 6.07 Å². The number of nitrogens with one attached hydrogen (secondary N) is 1. The number of nitrogens with zero attached hydrogens (tertiary/aromatic N) is 1. The fourth-order valence-corrected chi connectivity index (χ4v) is 2.56. The van der Waals surface area contributed by atoms with Gasteiger partial charge in [-0.3, -0.25) is 0 Å². The summed E-state index contributed by atoms with van der Waals surface area (Å²) in [6, 6.07) is 5.13. The molecule has 0 radical (unpaired) electrons. The molecule has 3 rings (SSSR count). The summed E-state index contributed by atoms with van der Waals surface area (Å²) in [6.07, 6.45) is -1.34. The van der Waals surface area contributed by atoms with Crippen LogP contribution in [0.1, 0.15) is 12.8 Å². The average Bonchev–Trinajstić information content (AvgIpc) is 2.62. The van der Waals surface area contributed by atoms with Crippen molar-refractivity contribution in [3.05, 3.63) is 18.2 Å². The summed E-state index contributed by atoms with van der Waals surface area (Å²) in [4.78, 5) is 2.25. The number of likely N-dealkylation sites (N-methyl/N-ethyl adjacent to an activating group) is 1. The van der Waals surface area contributed by atoms with Gasteiger partial charge in [-0.15, -0.1) is 8.78 Å². The summed E-state index contributed by atoms with van der Waals surface area (Å²) in [6.45, 7) is 2.05. The molecule has 2 aliphatic heterocycles. The first-order valence-corrected chi connectivity index (χ1v) is 6.37. The third kappa shape index (κ3) is 2.73. The Kier molecular flexibility index (Phi) is 2.97. The highest BCUT2D eigenvalue weighted by Gasteiger charge is 2.43. The Morgan fingerprint density at radius 2 is 2.11 bits per heavy atom. The first-order chi connectivity index (χ1) is 9.02. The number of likely N-dealkylation sites (tertiary alicyclic amines) is 1. The van der Waals surface area contributed by atoms with Gasteiger partial charge in [0.05, 0.1) is 0 Å². The van der Waals surface area contributed by atoms with Gasteiger partial charge in [-0.05, 0) is 38.6 Å². The number of hydrogen-bond donors (Lipinski definition) is 1. The molecule has 19 heavy (non-hydrogen) atoms. The maximum absolute atomic E-state index is 12.9. The summed E-state index contributed by atoms with van der Waals surface area (Å²) in [5.41, 5.74) is 0.778. The minimum atomic E-state index is -3.55. The lowest BCUT2D eigenvalue weighted by Crippen LogP contribution is -2.39. The second-order valence-corrected chi connectivity index (χ2v) is 5.07. The summed E-state index contributed by atoms with van der Waals surface area (Å²) in [5.74, 6) is 0.162. The van der Waals surface area contributed by atoms with Crippen molar-refractivity contribution in [1.82, 2.24) is 4.90 Å². The smallest absolute Gasteiger partial charge is 0.395 e. The van der Waals surface area contributed by atoms with E-state index in [2.05, 4.69) is 26.7 Å². The molecule has 1 atom stereocenters. The van der Waals surface area contributed by atoms with Crippen LogP contribution >= 0.6 is 0 Å². The first kappa shape index (κ1) is 12.5. The van der Waals surface area contributed by atoms with Crippen LogP contribution in [-0.4, -0.2) is 37.4 Å². The van der Waals surface area contributed by atoms with Crippen LogP contribution in [0, 0.1) is 0 Å². The molecule has 1 saturated heterocycles. The minimum Gasteiger partial charge on any atom is -0.395 e. The van der Waals surface area contributed by atoms with Crippen molar-refractivity contribution in [1.29, 1.82) is 0 Å². The Labute approximate surface area is 110 Å². The molecular formula is C13H16F2N2O2. The Hall–Kier alpha value is -1.56. The van der Waals surface area contributed by atoms with Crippen molar-refractivity contribution in [2.75, 3.05) is 25.5 Å². The van der Waals surface area contributed by atoms with Crippen LogP contribution in [0.2, 0.25) is 0 Å². The number of piperidine rings is 1. The predicted octanol–water partition coefficient (Wildman–Crippen LogP) is 2.51. The molecule has 0 saturated carbocycles. The van der Waals surface area contributed by atoms with Crippen LogP contribution < -0.4 is 14.8 Å². The third-order valence-electron chi connectivity index (χ3n) is 3.40. The predicted molar refractivity (Wildman–Crippen MR) is 66.8 cm³/mol. The highest BCUT2D eigenvalue weighted by atomic mass is 19.3. The molecule has 1 aromatic carbocycles. The van der Waals surface area contributed by atoms with Gasteiger partial charge in [0, 0.05) is 24.3 Å². The van der Waals surface area contributed by atoms with Gasteiger partial charge in [-0.2, -0.15) is 0 Å². The summed E-state index contributed by atoms with van der Waals surface area (Å²) in [7, 11) is 2.08. The molecule has 0 bridgehead atoms. The Bertz CT molecular complexity index is 482. The minimum absolute atomic E-state index is 0.0799. The van der Waals surface area contributed by atoms with Crippen LogP contribution in [0.5, 0.6) is 11.5 Å². The molecule has 1 N–H and O–H groups in total. The maximum atomic E-state index is 12.9.